The van der Waals surface area contributed by atoms with Gasteiger partial charge in [0.2, 0.25) is 5.91 Å². The van der Waals surface area contributed by atoms with Crippen molar-refractivity contribution >= 4 is 17.7 Å². The zero-order chi connectivity index (χ0) is 26.3. The van der Waals surface area contributed by atoms with E-state index >= 15 is 0 Å². The van der Waals surface area contributed by atoms with Gasteiger partial charge in [-0.1, -0.05) is 61.4 Å². The third kappa shape index (κ3) is 10.3. The fourth-order valence-electron chi connectivity index (χ4n) is 3.81. The fourth-order valence-corrected chi connectivity index (χ4v) is 3.81. The third-order valence-corrected chi connectivity index (χ3v) is 5.84. The predicted octanol–water partition coefficient (Wildman–Crippen LogP) is 5.65. The Balaban J connectivity index is 1.26. The van der Waals surface area contributed by atoms with Gasteiger partial charge in [0.1, 0.15) is 11.5 Å². The Morgan fingerprint density at radius 3 is 2.30 bits per heavy atom. The first-order chi connectivity index (χ1) is 18.0. The number of hydrogen-bond acceptors (Lipinski definition) is 5. The maximum atomic E-state index is 12.1. The number of amides is 2. The zero-order valence-electron chi connectivity index (χ0n) is 21.7. The van der Waals surface area contributed by atoms with Crippen molar-refractivity contribution in [2.24, 2.45) is 0 Å². The Labute approximate surface area is 219 Å². The van der Waals surface area contributed by atoms with E-state index < -0.39 is 6.09 Å². The molecule has 0 radical (unpaired) electrons. The molecule has 0 spiro atoms. The van der Waals surface area contributed by atoms with Crippen molar-refractivity contribution in [2.75, 3.05) is 38.2 Å². The average Bonchev–Trinajstić information content (AvgIpc) is 2.90. The molecular weight excluding hydrogens is 466 g/mol. The second-order valence-electron chi connectivity index (χ2n) is 8.87. The van der Waals surface area contributed by atoms with Gasteiger partial charge in [-0.15, -0.1) is 0 Å². The zero-order valence-corrected chi connectivity index (χ0v) is 21.7. The smallest absolute Gasteiger partial charge is 0.412 e. The van der Waals surface area contributed by atoms with Gasteiger partial charge >= 0.3 is 6.09 Å². The van der Waals surface area contributed by atoms with Gasteiger partial charge in [0.05, 0.1) is 6.61 Å². The minimum absolute atomic E-state index is 0.0222. The van der Waals surface area contributed by atoms with Crippen LogP contribution < -0.4 is 25.0 Å². The molecule has 0 heterocycles. The topological polar surface area (TPSA) is 79.9 Å². The summed E-state index contributed by atoms with van der Waals surface area (Å²) < 4.78 is 11.3. The molecule has 7 heteroatoms. The van der Waals surface area contributed by atoms with Gasteiger partial charge in [-0.25, -0.2) is 4.79 Å². The van der Waals surface area contributed by atoms with Gasteiger partial charge in [-0.05, 0) is 48.2 Å². The Kier molecular flexibility index (Phi) is 11.3. The molecule has 196 valence electrons. The number of ether oxygens (including phenoxy) is 2. The number of rotatable bonds is 14. The molecule has 0 aliphatic rings. The molecule has 3 aromatic carbocycles. The molecule has 0 aliphatic carbocycles. The van der Waals surface area contributed by atoms with Crippen molar-refractivity contribution < 1.29 is 19.1 Å². The first-order valence-electron chi connectivity index (χ1n) is 12.8. The van der Waals surface area contributed by atoms with E-state index in [2.05, 4.69) is 15.5 Å². The summed E-state index contributed by atoms with van der Waals surface area (Å²) in [7, 11) is 1.99. The molecule has 3 aromatic rings. The number of likely N-dealkylation sites (N-methyl/N-ethyl adjacent to an activating group) is 1. The van der Waals surface area contributed by atoms with Crippen LogP contribution in [0, 0.1) is 0 Å². The summed E-state index contributed by atoms with van der Waals surface area (Å²) in [5.74, 6) is 1.34. The molecule has 0 atom stereocenters. The van der Waals surface area contributed by atoms with E-state index in [1.54, 1.807) is 6.07 Å². The Bertz CT molecular complexity index is 1120. The highest BCUT2D eigenvalue weighted by molar-refractivity contribution is 5.73. The first kappa shape index (κ1) is 27.6. The maximum Gasteiger partial charge on any atom is 0.412 e. The van der Waals surface area contributed by atoms with E-state index in [9.17, 15) is 9.59 Å². The highest BCUT2D eigenvalue weighted by Gasteiger charge is 2.06. The SMILES string of the molecule is CC(=O)NCCN(C)c1cccc(OCCCCCCNC(=O)Oc2cccc(-c3ccccc3)c2)c1. The van der Waals surface area contributed by atoms with Crippen LogP contribution in [0.25, 0.3) is 11.1 Å². The van der Waals surface area contributed by atoms with E-state index in [0.29, 0.717) is 25.4 Å². The lowest BCUT2D eigenvalue weighted by molar-refractivity contribution is -0.118. The average molecular weight is 504 g/mol. The van der Waals surface area contributed by atoms with E-state index in [0.717, 1.165) is 54.8 Å². The Morgan fingerprint density at radius 1 is 0.757 bits per heavy atom. The van der Waals surface area contributed by atoms with Crippen LogP contribution in [-0.4, -0.2) is 45.3 Å². The molecule has 0 aromatic heterocycles. The number of carbonyl (C=O) groups excluding carboxylic acids is 2. The van der Waals surface area contributed by atoms with Gasteiger partial charge in [0.15, 0.2) is 0 Å². The van der Waals surface area contributed by atoms with Crippen LogP contribution in [0.2, 0.25) is 0 Å². The summed E-state index contributed by atoms with van der Waals surface area (Å²) >= 11 is 0. The van der Waals surface area contributed by atoms with Crippen LogP contribution in [0.5, 0.6) is 11.5 Å². The molecule has 3 rings (SSSR count). The van der Waals surface area contributed by atoms with Crippen molar-refractivity contribution in [1.29, 1.82) is 0 Å². The second kappa shape index (κ2) is 15.2. The molecule has 0 unspecified atom stereocenters. The number of hydrogen-bond donors (Lipinski definition) is 2. The number of unbranched alkanes of at least 4 members (excludes halogenated alkanes) is 3. The number of anilines is 1. The van der Waals surface area contributed by atoms with Gasteiger partial charge < -0.3 is 25.0 Å². The summed E-state index contributed by atoms with van der Waals surface area (Å²) in [6.45, 7) is 4.07. The van der Waals surface area contributed by atoms with Gasteiger partial charge in [-0.2, -0.15) is 0 Å². The predicted molar refractivity (Wildman–Crippen MR) is 148 cm³/mol. The van der Waals surface area contributed by atoms with Crippen molar-refractivity contribution in [2.45, 2.75) is 32.6 Å². The lowest BCUT2D eigenvalue weighted by Crippen LogP contribution is -2.31. The lowest BCUT2D eigenvalue weighted by atomic mass is 10.1. The molecule has 2 N–H and O–H groups in total. The van der Waals surface area contributed by atoms with Crippen molar-refractivity contribution in [3.05, 3.63) is 78.9 Å². The summed E-state index contributed by atoms with van der Waals surface area (Å²) in [4.78, 5) is 25.2. The van der Waals surface area contributed by atoms with E-state index in [1.807, 2.05) is 79.8 Å². The number of benzene rings is 3. The molecule has 7 nitrogen and oxygen atoms in total. The van der Waals surface area contributed by atoms with Gasteiger partial charge in [0, 0.05) is 45.4 Å². The summed E-state index contributed by atoms with van der Waals surface area (Å²) in [6, 6.07) is 25.5. The van der Waals surface area contributed by atoms with E-state index in [4.69, 9.17) is 9.47 Å². The summed E-state index contributed by atoms with van der Waals surface area (Å²) in [5, 5.41) is 5.63. The molecular formula is C30H37N3O4. The van der Waals surface area contributed by atoms with Gasteiger partial charge in [0.25, 0.3) is 0 Å². The molecule has 37 heavy (non-hydrogen) atoms. The van der Waals surface area contributed by atoms with Crippen LogP contribution >= 0.6 is 0 Å². The van der Waals surface area contributed by atoms with Crippen LogP contribution in [-0.2, 0) is 4.79 Å². The minimum atomic E-state index is -0.435. The summed E-state index contributed by atoms with van der Waals surface area (Å²) in [6.07, 6.45) is 3.41. The standard InChI is InChI=1S/C30H37N3O4/c1-24(34)31-19-20-33(2)27-15-11-16-28(23-27)36-21-9-4-3-8-18-32-30(35)37-29-17-10-14-26(22-29)25-12-6-5-7-13-25/h5-7,10-17,22-23H,3-4,8-9,18-21H2,1-2H3,(H,31,34)(H,32,35). The second-order valence-corrected chi connectivity index (χ2v) is 8.87. The van der Waals surface area contributed by atoms with Gasteiger partial charge in [-0.3, -0.25) is 4.79 Å². The van der Waals surface area contributed by atoms with E-state index in [1.165, 1.54) is 6.92 Å². The minimum Gasteiger partial charge on any atom is -0.494 e. The van der Waals surface area contributed by atoms with Crippen LogP contribution in [0.15, 0.2) is 78.9 Å². The third-order valence-electron chi connectivity index (χ3n) is 5.84. The number of nitrogens with zero attached hydrogens (tertiary/aromatic N) is 1. The fraction of sp³-hybridized carbons (Fsp3) is 0.333. The monoisotopic (exact) mass is 503 g/mol. The summed E-state index contributed by atoms with van der Waals surface area (Å²) in [5.41, 5.74) is 3.14. The molecule has 0 bridgehead atoms. The molecule has 0 aliphatic heterocycles. The molecule has 0 fully saturated rings. The van der Waals surface area contributed by atoms with Crippen LogP contribution in [0.1, 0.15) is 32.6 Å². The largest absolute Gasteiger partial charge is 0.494 e. The normalized spacial score (nSPS) is 10.4. The highest BCUT2D eigenvalue weighted by Crippen LogP contribution is 2.24. The maximum absolute atomic E-state index is 12.1. The molecule has 0 saturated carbocycles. The van der Waals surface area contributed by atoms with Crippen molar-refractivity contribution in [1.82, 2.24) is 10.6 Å². The van der Waals surface area contributed by atoms with Crippen LogP contribution in [0.3, 0.4) is 0 Å². The van der Waals surface area contributed by atoms with Crippen molar-refractivity contribution in [3.8, 4) is 22.6 Å². The lowest BCUT2D eigenvalue weighted by Gasteiger charge is -2.20. The first-order valence-corrected chi connectivity index (χ1v) is 12.8. The van der Waals surface area contributed by atoms with Crippen molar-refractivity contribution in [3.63, 3.8) is 0 Å². The van der Waals surface area contributed by atoms with Crippen LogP contribution in [0.4, 0.5) is 10.5 Å². The number of carbonyl (C=O) groups is 2. The quantitative estimate of drug-likeness (QED) is 0.278. The van der Waals surface area contributed by atoms with E-state index in [-0.39, 0.29) is 5.91 Å². The Morgan fingerprint density at radius 2 is 1.49 bits per heavy atom. The number of nitrogens with one attached hydrogen (secondary N) is 2. The molecule has 0 saturated heterocycles. The molecule has 2 amide bonds. The highest BCUT2D eigenvalue weighted by atomic mass is 16.6. The Hall–Kier alpha value is -4.00.